The van der Waals surface area contributed by atoms with Gasteiger partial charge in [0.05, 0.1) is 0 Å². The molecule has 5 nitrogen and oxygen atoms in total. The summed E-state index contributed by atoms with van der Waals surface area (Å²) >= 11 is 0. The van der Waals surface area contributed by atoms with Crippen LogP contribution in [0.1, 0.15) is 19.3 Å². The van der Waals surface area contributed by atoms with Crippen LogP contribution in [0.2, 0.25) is 0 Å². The van der Waals surface area contributed by atoms with Crippen molar-refractivity contribution in [3.63, 3.8) is 0 Å². The number of amides is 2. The maximum atomic E-state index is 12.3. The van der Waals surface area contributed by atoms with Crippen LogP contribution in [0.5, 0.6) is 0 Å². The Labute approximate surface area is 110 Å². The molecule has 18 heavy (non-hydrogen) atoms. The molecule has 0 bridgehead atoms. The van der Waals surface area contributed by atoms with E-state index in [0.29, 0.717) is 0 Å². The molecule has 0 aromatic heterocycles. The van der Waals surface area contributed by atoms with Crippen molar-refractivity contribution in [2.45, 2.75) is 24.8 Å². The molecule has 0 aromatic rings. The molecule has 1 heterocycles. The first-order valence-electron chi connectivity index (χ1n) is 6.93. The number of carbonyl (C=O) groups excluding carboxylic acids is 1. The number of nitrogens with one attached hydrogen (secondary N) is 1. The first-order chi connectivity index (χ1) is 8.55. The molecule has 2 fully saturated rings. The van der Waals surface area contributed by atoms with Gasteiger partial charge < -0.3 is 20.0 Å². The first kappa shape index (κ1) is 13.6. The molecule has 2 rings (SSSR count). The van der Waals surface area contributed by atoms with Crippen LogP contribution in [-0.4, -0.2) is 80.1 Å². The van der Waals surface area contributed by atoms with Crippen molar-refractivity contribution >= 4 is 6.03 Å². The number of nitrogens with zero attached hydrogens (tertiary/aromatic N) is 3. The zero-order valence-corrected chi connectivity index (χ0v) is 11.9. The van der Waals surface area contributed by atoms with Gasteiger partial charge >= 0.3 is 6.03 Å². The van der Waals surface area contributed by atoms with Crippen LogP contribution in [0, 0.1) is 0 Å². The Balaban J connectivity index is 1.90. The minimum Gasteiger partial charge on any atom is -0.326 e. The van der Waals surface area contributed by atoms with Crippen molar-refractivity contribution in [3.8, 4) is 0 Å². The molecule has 5 heteroatoms. The van der Waals surface area contributed by atoms with Crippen LogP contribution in [0.3, 0.4) is 0 Å². The molecule has 104 valence electrons. The van der Waals surface area contributed by atoms with Crippen LogP contribution >= 0.6 is 0 Å². The summed E-state index contributed by atoms with van der Waals surface area (Å²) in [5.74, 6) is 0. The van der Waals surface area contributed by atoms with Crippen LogP contribution in [-0.2, 0) is 0 Å². The highest BCUT2D eigenvalue weighted by Gasteiger charge is 2.41. The lowest BCUT2D eigenvalue weighted by molar-refractivity contribution is 0.0311. The number of hydrogen-bond acceptors (Lipinski definition) is 3. The number of likely N-dealkylation sites (N-methyl/N-ethyl adjacent to an activating group) is 2. The van der Waals surface area contributed by atoms with Crippen molar-refractivity contribution in [2.24, 2.45) is 0 Å². The van der Waals surface area contributed by atoms with E-state index < -0.39 is 0 Å². The summed E-state index contributed by atoms with van der Waals surface area (Å²) in [7, 11) is 6.19. The third-order valence-corrected chi connectivity index (χ3v) is 4.48. The summed E-state index contributed by atoms with van der Waals surface area (Å²) in [5.41, 5.74) is 0.221. The Hall–Kier alpha value is -0.810. The Morgan fingerprint density at radius 1 is 1.22 bits per heavy atom. The molecule has 0 atom stereocenters. The summed E-state index contributed by atoms with van der Waals surface area (Å²) in [4.78, 5) is 18.5. The third-order valence-electron chi connectivity index (χ3n) is 4.48. The lowest BCUT2D eigenvalue weighted by Crippen LogP contribution is -2.59. The Morgan fingerprint density at radius 2 is 1.83 bits per heavy atom. The standard InChI is InChI=1S/C13H26N4O/c1-15(2)13(5-4-6-13)11-16(3)12(18)17-9-7-14-8-10-17/h14H,4-11H2,1-3H3. The van der Waals surface area contributed by atoms with Crippen LogP contribution in [0.4, 0.5) is 4.79 Å². The Morgan fingerprint density at radius 3 is 2.28 bits per heavy atom. The third kappa shape index (κ3) is 2.62. The van der Waals surface area contributed by atoms with Gasteiger partial charge in [-0.25, -0.2) is 4.79 Å². The zero-order valence-electron chi connectivity index (χ0n) is 11.9. The number of rotatable bonds is 3. The molecule has 1 saturated heterocycles. The Kier molecular flexibility index (Phi) is 4.12. The Bertz CT molecular complexity index is 295. The quantitative estimate of drug-likeness (QED) is 0.794. The minimum absolute atomic E-state index is 0.185. The van der Waals surface area contributed by atoms with E-state index in [1.165, 1.54) is 19.3 Å². The molecule has 2 aliphatic rings. The maximum absolute atomic E-state index is 12.3. The zero-order chi connectivity index (χ0) is 13.2. The first-order valence-corrected chi connectivity index (χ1v) is 6.93. The van der Waals surface area contributed by atoms with Crippen molar-refractivity contribution in [1.82, 2.24) is 20.0 Å². The monoisotopic (exact) mass is 254 g/mol. The fraction of sp³-hybridized carbons (Fsp3) is 0.923. The van der Waals surface area contributed by atoms with Crippen LogP contribution in [0.25, 0.3) is 0 Å². The lowest BCUT2D eigenvalue weighted by atomic mass is 9.75. The van der Waals surface area contributed by atoms with Gasteiger partial charge in [-0.05, 0) is 33.4 Å². The molecule has 1 aliphatic heterocycles. The summed E-state index contributed by atoms with van der Waals surface area (Å²) in [5, 5.41) is 3.28. The topological polar surface area (TPSA) is 38.8 Å². The van der Waals surface area contributed by atoms with Gasteiger partial charge in [-0.15, -0.1) is 0 Å². The van der Waals surface area contributed by atoms with Crippen molar-refractivity contribution in [2.75, 3.05) is 53.9 Å². The molecule has 0 unspecified atom stereocenters. The van der Waals surface area contributed by atoms with E-state index >= 15 is 0 Å². The van der Waals surface area contributed by atoms with Gasteiger partial charge in [0.2, 0.25) is 0 Å². The van der Waals surface area contributed by atoms with E-state index in [0.717, 1.165) is 32.7 Å². The second-order valence-corrected chi connectivity index (χ2v) is 5.85. The van der Waals surface area contributed by atoms with Crippen molar-refractivity contribution in [3.05, 3.63) is 0 Å². The molecule has 1 saturated carbocycles. The predicted molar refractivity (Wildman–Crippen MR) is 72.7 cm³/mol. The van der Waals surface area contributed by atoms with Gasteiger partial charge in [0.1, 0.15) is 0 Å². The van der Waals surface area contributed by atoms with E-state index in [2.05, 4.69) is 24.3 Å². The number of urea groups is 1. The molecule has 0 spiro atoms. The number of piperazine rings is 1. The number of carbonyl (C=O) groups is 1. The normalized spacial score (nSPS) is 22.8. The summed E-state index contributed by atoms with van der Waals surface area (Å²) in [6, 6.07) is 0.185. The molecule has 1 aliphatic carbocycles. The maximum Gasteiger partial charge on any atom is 0.319 e. The lowest BCUT2D eigenvalue weighted by Gasteiger charge is -2.49. The molecule has 2 amide bonds. The fourth-order valence-corrected chi connectivity index (χ4v) is 2.94. The minimum atomic E-state index is 0.185. The molecular formula is C13H26N4O. The molecule has 0 radical (unpaired) electrons. The second kappa shape index (κ2) is 5.45. The van der Waals surface area contributed by atoms with Gasteiger partial charge in [-0.3, -0.25) is 0 Å². The van der Waals surface area contributed by atoms with E-state index in [1.807, 2.05) is 16.8 Å². The van der Waals surface area contributed by atoms with E-state index in [4.69, 9.17) is 0 Å². The highest BCUT2D eigenvalue weighted by molar-refractivity contribution is 5.74. The van der Waals surface area contributed by atoms with Gasteiger partial charge in [0, 0.05) is 45.3 Å². The smallest absolute Gasteiger partial charge is 0.319 e. The summed E-state index contributed by atoms with van der Waals surface area (Å²) < 4.78 is 0. The molecule has 0 aromatic carbocycles. The predicted octanol–water partition coefficient (Wildman–Crippen LogP) is 0.428. The second-order valence-electron chi connectivity index (χ2n) is 5.85. The molecule has 1 N–H and O–H groups in total. The number of hydrogen-bond donors (Lipinski definition) is 1. The van der Waals surface area contributed by atoms with E-state index in [-0.39, 0.29) is 11.6 Å². The van der Waals surface area contributed by atoms with Crippen molar-refractivity contribution < 1.29 is 4.79 Å². The average molecular weight is 254 g/mol. The summed E-state index contributed by atoms with van der Waals surface area (Å²) in [6.45, 7) is 4.34. The van der Waals surface area contributed by atoms with Gasteiger partial charge in [0.25, 0.3) is 0 Å². The van der Waals surface area contributed by atoms with Crippen molar-refractivity contribution in [1.29, 1.82) is 0 Å². The van der Waals surface area contributed by atoms with Crippen LogP contribution in [0.15, 0.2) is 0 Å². The van der Waals surface area contributed by atoms with E-state index in [1.54, 1.807) is 0 Å². The largest absolute Gasteiger partial charge is 0.326 e. The average Bonchev–Trinajstić information content (AvgIpc) is 2.33. The highest BCUT2D eigenvalue weighted by atomic mass is 16.2. The SMILES string of the molecule is CN(CC1(N(C)C)CCC1)C(=O)N1CCNCC1. The van der Waals surface area contributed by atoms with Crippen LogP contribution < -0.4 is 5.32 Å². The fourth-order valence-electron chi connectivity index (χ4n) is 2.94. The van der Waals surface area contributed by atoms with Gasteiger partial charge in [0.15, 0.2) is 0 Å². The highest BCUT2D eigenvalue weighted by Crippen LogP contribution is 2.36. The molecular weight excluding hydrogens is 228 g/mol. The van der Waals surface area contributed by atoms with E-state index in [9.17, 15) is 4.79 Å². The van der Waals surface area contributed by atoms with Gasteiger partial charge in [-0.1, -0.05) is 0 Å². The summed E-state index contributed by atoms with van der Waals surface area (Å²) in [6.07, 6.45) is 3.70. The van der Waals surface area contributed by atoms with Gasteiger partial charge in [-0.2, -0.15) is 0 Å².